The molecule has 0 saturated carbocycles. The second-order valence-corrected chi connectivity index (χ2v) is 4.11. The smallest absolute Gasteiger partial charge is 0.227 e. The lowest BCUT2D eigenvalue weighted by Crippen LogP contribution is -2.04. The Morgan fingerprint density at radius 3 is 2.35 bits per heavy atom. The molecule has 0 atom stereocenters. The summed E-state index contributed by atoms with van der Waals surface area (Å²) < 4.78 is 32.7. The summed E-state index contributed by atoms with van der Waals surface area (Å²) in [6.45, 7) is 3.35. The first-order chi connectivity index (χ1) is 9.42. The number of hydrogen-bond donors (Lipinski definition) is 1. The molecule has 4 nitrogen and oxygen atoms in total. The van der Waals surface area contributed by atoms with Crippen molar-refractivity contribution < 1.29 is 13.5 Å². The van der Waals surface area contributed by atoms with Gasteiger partial charge in [0, 0.05) is 16.8 Å². The van der Waals surface area contributed by atoms with Gasteiger partial charge in [-0.1, -0.05) is 5.92 Å². The molecule has 2 N–H and O–H groups in total. The fourth-order valence-corrected chi connectivity index (χ4v) is 1.56. The van der Waals surface area contributed by atoms with Crippen molar-refractivity contribution in [2.24, 2.45) is 0 Å². The highest BCUT2D eigenvalue weighted by Crippen LogP contribution is 2.30. The maximum absolute atomic E-state index is 13.8. The van der Waals surface area contributed by atoms with Gasteiger partial charge in [-0.05, 0) is 26.0 Å². The Hall–Kier alpha value is -2.68. The average molecular weight is 275 g/mol. The van der Waals surface area contributed by atoms with Crippen molar-refractivity contribution in [3.63, 3.8) is 0 Å². The molecule has 0 aliphatic carbocycles. The molecule has 0 fully saturated rings. The lowest BCUT2D eigenvalue weighted by Gasteiger charge is -2.11. The second-order valence-electron chi connectivity index (χ2n) is 4.11. The average Bonchev–Trinajstić information content (AvgIpc) is 2.38. The summed E-state index contributed by atoms with van der Waals surface area (Å²) in [5.41, 5.74) is 6.68. The van der Waals surface area contributed by atoms with E-state index in [9.17, 15) is 8.78 Å². The number of anilines is 1. The van der Waals surface area contributed by atoms with Crippen molar-refractivity contribution in [3.05, 3.63) is 40.6 Å². The molecule has 0 spiro atoms. The van der Waals surface area contributed by atoms with Crippen LogP contribution in [0.2, 0.25) is 0 Å². The molecule has 1 aromatic carbocycles. The fraction of sp³-hybridized carbons (Fsp3) is 0.143. The largest absolute Gasteiger partial charge is 0.432 e. The molecule has 0 unspecified atom stereocenters. The zero-order valence-electron chi connectivity index (χ0n) is 10.9. The molecule has 6 heteroatoms. The molecule has 0 amide bonds. The van der Waals surface area contributed by atoms with Crippen LogP contribution in [0.15, 0.2) is 12.1 Å². The van der Waals surface area contributed by atoms with Gasteiger partial charge in [-0.25, -0.2) is 13.8 Å². The molecule has 1 heterocycles. The molecule has 102 valence electrons. The molecule has 2 rings (SSSR count). The molecule has 0 radical (unpaired) electrons. The van der Waals surface area contributed by atoms with Crippen LogP contribution < -0.4 is 10.5 Å². The normalized spacial score (nSPS) is 10.2. The second kappa shape index (κ2) is 5.13. The van der Waals surface area contributed by atoms with Crippen molar-refractivity contribution in [2.75, 3.05) is 5.73 Å². The zero-order chi connectivity index (χ0) is 14.9. The van der Waals surface area contributed by atoms with Crippen LogP contribution in [0.5, 0.6) is 11.6 Å². The SMILES string of the molecule is C#Cc1cc(F)c(Oc2nc(N)nc(C)c2C)c(F)c1. The van der Waals surface area contributed by atoms with Crippen molar-refractivity contribution >= 4 is 5.95 Å². The third-order valence-electron chi connectivity index (χ3n) is 2.73. The van der Waals surface area contributed by atoms with Crippen LogP contribution >= 0.6 is 0 Å². The summed E-state index contributed by atoms with van der Waals surface area (Å²) in [5.74, 6) is -0.288. The van der Waals surface area contributed by atoms with Gasteiger partial charge in [0.2, 0.25) is 17.6 Å². The topological polar surface area (TPSA) is 61.0 Å². The van der Waals surface area contributed by atoms with Gasteiger partial charge in [-0.2, -0.15) is 4.98 Å². The van der Waals surface area contributed by atoms with E-state index in [0.29, 0.717) is 11.3 Å². The number of nitrogens with two attached hydrogens (primary N) is 1. The van der Waals surface area contributed by atoms with Gasteiger partial charge in [0.05, 0.1) is 0 Å². The first-order valence-electron chi connectivity index (χ1n) is 5.66. The number of aromatic nitrogens is 2. The summed E-state index contributed by atoms with van der Waals surface area (Å²) >= 11 is 0. The third-order valence-corrected chi connectivity index (χ3v) is 2.73. The molecule has 0 aliphatic rings. The van der Waals surface area contributed by atoms with Crippen LogP contribution in [0.4, 0.5) is 14.7 Å². The Kier molecular flexibility index (Phi) is 3.53. The van der Waals surface area contributed by atoms with E-state index in [4.69, 9.17) is 16.9 Å². The monoisotopic (exact) mass is 275 g/mol. The van der Waals surface area contributed by atoms with Gasteiger partial charge in [0.15, 0.2) is 11.6 Å². The number of halogens is 2. The third kappa shape index (κ3) is 2.52. The molecule has 20 heavy (non-hydrogen) atoms. The fourth-order valence-electron chi connectivity index (χ4n) is 1.56. The van der Waals surface area contributed by atoms with E-state index in [0.717, 1.165) is 12.1 Å². The zero-order valence-corrected chi connectivity index (χ0v) is 10.9. The van der Waals surface area contributed by atoms with Gasteiger partial charge in [-0.15, -0.1) is 6.42 Å². The lowest BCUT2D eigenvalue weighted by atomic mass is 10.2. The predicted octanol–water partition coefficient (Wildman–Crippen LogP) is 2.73. The number of ether oxygens (including phenoxy) is 1. The van der Waals surface area contributed by atoms with E-state index in [1.807, 2.05) is 0 Å². The highest BCUT2D eigenvalue weighted by molar-refractivity contribution is 5.42. The van der Waals surface area contributed by atoms with E-state index in [-0.39, 0.29) is 17.4 Å². The van der Waals surface area contributed by atoms with Crippen molar-refractivity contribution in [1.82, 2.24) is 9.97 Å². The summed E-state index contributed by atoms with van der Waals surface area (Å²) in [7, 11) is 0. The number of terminal acetylenes is 1. The summed E-state index contributed by atoms with van der Waals surface area (Å²) in [5, 5.41) is 0. The van der Waals surface area contributed by atoms with Crippen molar-refractivity contribution in [1.29, 1.82) is 0 Å². The first-order valence-corrected chi connectivity index (χ1v) is 5.66. The molecule has 2 aromatic rings. The number of nitrogen functional groups attached to an aromatic ring is 1. The van der Waals surface area contributed by atoms with Crippen LogP contribution in [0, 0.1) is 37.8 Å². The summed E-state index contributed by atoms with van der Waals surface area (Å²) in [4.78, 5) is 7.74. The van der Waals surface area contributed by atoms with E-state index in [2.05, 4.69) is 15.9 Å². The predicted molar refractivity (Wildman–Crippen MR) is 70.3 cm³/mol. The van der Waals surface area contributed by atoms with Crippen LogP contribution in [-0.4, -0.2) is 9.97 Å². The minimum atomic E-state index is -0.910. The Labute approximate surface area is 114 Å². The Balaban J connectivity index is 2.49. The minimum absolute atomic E-state index is 0.00116. The van der Waals surface area contributed by atoms with Crippen molar-refractivity contribution in [2.45, 2.75) is 13.8 Å². The quantitative estimate of drug-likeness (QED) is 0.856. The Bertz CT molecular complexity index is 700. The standard InChI is InChI=1S/C14H11F2N3O/c1-4-9-5-10(15)12(11(16)6-9)20-13-7(2)8(3)18-14(17)19-13/h1,5-6H,2-3H3,(H2,17,18,19). The maximum Gasteiger partial charge on any atom is 0.227 e. The molecule has 0 bridgehead atoms. The Morgan fingerprint density at radius 2 is 1.80 bits per heavy atom. The molecule has 0 saturated heterocycles. The van der Waals surface area contributed by atoms with Crippen LogP contribution in [0.25, 0.3) is 0 Å². The highest BCUT2D eigenvalue weighted by Gasteiger charge is 2.16. The lowest BCUT2D eigenvalue weighted by molar-refractivity contribution is 0.392. The van der Waals surface area contributed by atoms with E-state index >= 15 is 0 Å². The number of aryl methyl sites for hydroxylation is 1. The van der Waals surface area contributed by atoms with E-state index in [1.54, 1.807) is 13.8 Å². The minimum Gasteiger partial charge on any atom is -0.432 e. The van der Waals surface area contributed by atoms with Gasteiger partial charge in [-0.3, -0.25) is 0 Å². The highest BCUT2D eigenvalue weighted by atomic mass is 19.1. The number of benzene rings is 1. The molecule has 1 aromatic heterocycles. The number of nitrogens with zero attached hydrogens (tertiary/aromatic N) is 2. The number of hydrogen-bond acceptors (Lipinski definition) is 4. The van der Waals surface area contributed by atoms with Gasteiger partial charge in [0.1, 0.15) is 0 Å². The summed E-state index contributed by atoms with van der Waals surface area (Å²) in [6.07, 6.45) is 5.09. The molecule has 0 aliphatic heterocycles. The van der Waals surface area contributed by atoms with E-state index < -0.39 is 17.4 Å². The van der Waals surface area contributed by atoms with Crippen LogP contribution in [-0.2, 0) is 0 Å². The molecular formula is C14H11F2N3O. The van der Waals surface area contributed by atoms with Gasteiger partial charge < -0.3 is 10.5 Å². The Morgan fingerprint density at radius 1 is 1.20 bits per heavy atom. The number of rotatable bonds is 2. The van der Waals surface area contributed by atoms with E-state index in [1.165, 1.54) is 0 Å². The maximum atomic E-state index is 13.8. The van der Waals surface area contributed by atoms with Crippen molar-refractivity contribution in [3.8, 4) is 24.0 Å². The van der Waals surface area contributed by atoms with Gasteiger partial charge in [0.25, 0.3) is 0 Å². The van der Waals surface area contributed by atoms with Crippen LogP contribution in [0.1, 0.15) is 16.8 Å². The van der Waals surface area contributed by atoms with Gasteiger partial charge >= 0.3 is 0 Å². The summed E-state index contributed by atoms with van der Waals surface area (Å²) in [6, 6.07) is 2.01. The first kappa shape index (κ1) is 13.7. The molecular weight excluding hydrogens is 264 g/mol. The van der Waals surface area contributed by atoms with Crippen LogP contribution in [0.3, 0.4) is 0 Å².